The summed E-state index contributed by atoms with van der Waals surface area (Å²) in [5.74, 6) is -4.76. The summed E-state index contributed by atoms with van der Waals surface area (Å²) in [6, 6.07) is 0. The first-order valence-corrected chi connectivity index (χ1v) is 26.1. The molecule has 1 saturated carbocycles. The zero-order valence-corrected chi connectivity index (χ0v) is 40.0. The average molecular weight is 983 g/mol. The molecule has 66 heavy (non-hydrogen) atoms. The molecule has 0 spiro atoms. The van der Waals surface area contributed by atoms with Gasteiger partial charge in [-0.3, -0.25) is 23.2 Å². The van der Waals surface area contributed by atoms with Crippen molar-refractivity contribution < 1.29 is 92.2 Å². The third-order valence-electron chi connectivity index (χ3n) is 11.2. The lowest BCUT2D eigenvalue weighted by Crippen LogP contribution is -2.56. The highest BCUT2D eigenvalue weighted by molar-refractivity contribution is 7.47. The molecule has 2 bridgehead atoms. The normalized spacial score (nSPS) is 32.3. The van der Waals surface area contributed by atoms with Crippen LogP contribution >= 0.6 is 15.6 Å². The van der Waals surface area contributed by atoms with Crippen molar-refractivity contribution >= 4 is 27.6 Å². The summed E-state index contributed by atoms with van der Waals surface area (Å²) in [5, 5.41) is 79.1. The van der Waals surface area contributed by atoms with Gasteiger partial charge in [-0.05, 0) is 51.4 Å². The third-order valence-corrected chi connectivity index (χ3v) is 12.7. The Hall–Kier alpha value is -2.42. The van der Waals surface area contributed by atoms with E-state index in [2.05, 4.69) is 43.4 Å². The van der Waals surface area contributed by atoms with Gasteiger partial charge in [0.05, 0.1) is 43.5 Å². The second-order valence-corrected chi connectivity index (χ2v) is 19.3. The fraction of sp³-hybridized carbons (Fsp3) is 0.733. The molecular weight excluding hydrogens is 906 g/mol. The second kappa shape index (κ2) is 32.4. The first-order valence-electron chi connectivity index (χ1n) is 23.1. The molecular formula is C45H76O19P2. The molecule has 1 aliphatic carbocycles. The van der Waals surface area contributed by atoms with Gasteiger partial charge in [-0.1, -0.05) is 113 Å². The van der Waals surface area contributed by atoms with Crippen LogP contribution in [0.3, 0.4) is 0 Å². The number of hydrogen-bond acceptors (Lipinski definition) is 16. The number of aliphatic hydroxyl groups excluding tert-OH is 7. The monoisotopic (exact) mass is 982 g/mol. The summed E-state index contributed by atoms with van der Waals surface area (Å²) in [6.07, 6.45) is 5.46. The van der Waals surface area contributed by atoms with Crippen LogP contribution in [0.4, 0.5) is 0 Å². The highest BCUT2D eigenvalue weighted by Crippen LogP contribution is 2.49. The van der Waals surface area contributed by atoms with Crippen molar-refractivity contribution in [1.29, 1.82) is 0 Å². The van der Waals surface area contributed by atoms with E-state index < -0.39 is 127 Å². The van der Waals surface area contributed by atoms with E-state index >= 15 is 0 Å². The second-order valence-electron chi connectivity index (χ2n) is 16.7. The molecule has 380 valence electrons. The molecule has 2 rings (SSSR count). The molecule has 1 aliphatic heterocycles. The number of esters is 2. The Labute approximate surface area is 388 Å². The molecule has 13 atom stereocenters. The molecule has 2 aliphatic rings. The van der Waals surface area contributed by atoms with Gasteiger partial charge in [0.15, 0.2) is 6.10 Å². The van der Waals surface area contributed by atoms with E-state index in [1.54, 1.807) is 0 Å². The van der Waals surface area contributed by atoms with Gasteiger partial charge in [-0.2, -0.15) is 0 Å². The van der Waals surface area contributed by atoms with Crippen molar-refractivity contribution in [1.82, 2.24) is 0 Å². The maximum Gasteiger partial charge on any atom is 0.472 e. The van der Waals surface area contributed by atoms with Crippen LogP contribution in [0.15, 0.2) is 60.8 Å². The molecule has 1 heterocycles. The topological polar surface area (TPSA) is 317 Å². The van der Waals surface area contributed by atoms with E-state index in [-0.39, 0.29) is 19.3 Å². The predicted octanol–water partition coefficient (Wildman–Crippen LogP) is 4.66. The van der Waals surface area contributed by atoms with Gasteiger partial charge >= 0.3 is 27.6 Å². The Morgan fingerprint density at radius 1 is 0.864 bits per heavy atom. The first kappa shape index (κ1) is 59.7. The van der Waals surface area contributed by atoms with Crippen LogP contribution in [-0.2, 0) is 41.8 Å². The van der Waals surface area contributed by atoms with E-state index in [4.69, 9.17) is 23.0 Å². The SMILES string of the molecule is CC/C=C\C/C=C\C/C=C\CCCCCCCC(=O)OC[C@@H]1COP(=O)(O)O[C@H]2[C@H](O)[C@@H](O)[C@H](O)[C@H](C/C=C\CC(=O)O1)[C@@H](O)C[C@@H](O)[C@H](/C=C\[C@H](O)CCCCC)[C@@H](O)[C@H]2OP(=O)(O)O. The summed E-state index contributed by atoms with van der Waals surface area (Å²) in [6.45, 7) is 2.40. The summed E-state index contributed by atoms with van der Waals surface area (Å²) in [4.78, 5) is 56.4. The Kier molecular flexibility index (Phi) is 29.3. The van der Waals surface area contributed by atoms with Crippen molar-refractivity contribution in [3.8, 4) is 0 Å². The molecule has 21 heteroatoms. The number of allylic oxidation sites excluding steroid dienone is 7. The maximum atomic E-state index is 13.6. The van der Waals surface area contributed by atoms with Crippen LogP contribution in [0.5, 0.6) is 0 Å². The van der Waals surface area contributed by atoms with E-state index in [1.165, 1.54) is 18.2 Å². The molecule has 1 fully saturated rings. The van der Waals surface area contributed by atoms with E-state index in [1.807, 2.05) is 6.92 Å². The lowest BCUT2D eigenvalue weighted by molar-refractivity contribution is -0.165. The maximum absolute atomic E-state index is 13.6. The number of cyclic esters (lactones) is 1. The number of carbonyl (C=O) groups is 2. The largest absolute Gasteiger partial charge is 0.472 e. The Bertz CT molecular complexity index is 1630. The van der Waals surface area contributed by atoms with Gasteiger partial charge in [0, 0.05) is 24.7 Å². The summed E-state index contributed by atoms with van der Waals surface area (Å²) >= 11 is 0. The number of carbonyl (C=O) groups excluding carboxylic acids is 2. The van der Waals surface area contributed by atoms with E-state index in [0.29, 0.717) is 12.8 Å². The highest BCUT2D eigenvalue weighted by atomic mass is 31.2. The zero-order chi connectivity index (χ0) is 49.1. The van der Waals surface area contributed by atoms with E-state index in [0.717, 1.165) is 70.3 Å². The molecule has 1 unspecified atom stereocenters. The van der Waals surface area contributed by atoms with Crippen LogP contribution in [0.1, 0.15) is 123 Å². The first-order chi connectivity index (χ1) is 31.3. The number of hydrogen-bond donors (Lipinski definition) is 10. The highest BCUT2D eigenvalue weighted by Gasteiger charge is 2.51. The van der Waals surface area contributed by atoms with Crippen molar-refractivity contribution in [2.45, 2.75) is 184 Å². The molecule has 19 nitrogen and oxygen atoms in total. The van der Waals surface area contributed by atoms with Gasteiger partial charge in [-0.25, -0.2) is 9.13 Å². The standard InChI is InChI=1S/C45H76O19P2/c1-3-5-7-8-9-10-11-12-13-14-15-16-17-18-20-25-38(49)60-30-33-31-61-66(58,59)64-45-43(54)42(53)40(51)34(24-21-22-26-39(50)62-33)36(47)29-37(48)35(28-27-32(46)23-19-6-4-2)41(52)44(45)63-65(55,56)57/h5,7,9-10,12-13,21-22,27-28,32-37,40-48,51-54H,3-4,6,8,11,14-20,23-26,29-31H2,1-2H3,(H,58,59)(H2,55,56,57)/b7-5-,10-9-,13-12-,22-21-,28-27-/t32-,33-,34-,35+,36+,37-,40-,41-,42+,43-,44-,45+/m1/s1. The fourth-order valence-electron chi connectivity index (χ4n) is 7.48. The quantitative estimate of drug-likeness (QED) is 0.0288. The minimum absolute atomic E-state index is 0.0261. The molecule has 0 aromatic carbocycles. The third kappa shape index (κ3) is 24.2. The molecule has 0 radical (unpaired) electrons. The van der Waals surface area contributed by atoms with Crippen molar-refractivity contribution in [3.63, 3.8) is 0 Å². The van der Waals surface area contributed by atoms with Gasteiger partial charge in [0.2, 0.25) is 0 Å². The van der Waals surface area contributed by atoms with Gasteiger partial charge in [-0.15, -0.1) is 0 Å². The summed E-state index contributed by atoms with van der Waals surface area (Å²) in [7, 11) is -11.4. The minimum Gasteiger partial charge on any atom is -0.462 e. The lowest BCUT2D eigenvalue weighted by Gasteiger charge is -2.38. The van der Waals surface area contributed by atoms with Crippen LogP contribution in [0, 0.1) is 11.8 Å². The molecule has 0 amide bonds. The number of aliphatic hydroxyl groups is 7. The fourth-order valence-corrected chi connectivity index (χ4v) is 9.01. The van der Waals surface area contributed by atoms with Gasteiger partial charge < -0.3 is 59.9 Å². The average Bonchev–Trinajstić information content (AvgIpc) is 3.25. The number of rotatable bonds is 23. The van der Waals surface area contributed by atoms with Crippen LogP contribution in [0.2, 0.25) is 0 Å². The van der Waals surface area contributed by atoms with Crippen LogP contribution in [-0.4, -0.2) is 137 Å². The predicted molar refractivity (Wildman–Crippen MR) is 243 cm³/mol. The lowest BCUT2D eigenvalue weighted by atomic mass is 9.83. The van der Waals surface area contributed by atoms with Gasteiger partial charge in [0.25, 0.3) is 0 Å². The van der Waals surface area contributed by atoms with Crippen molar-refractivity contribution in [3.05, 3.63) is 60.8 Å². The summed E-state index contributed by atoms with van der Waals surface area (Å²) in [5.41, 5.74) is 0. The zero-order valence-electron chi connectivity index (χ0n) is 38.2. The minimum atomic E-state index is -5.76. The Balaban J connectivity index is 2.29. The molecule has 0 saturated heterocycles. The Morgan fingerprint density at radius 2 is 1.53 bits per heavy atom. The van der Waals surface area contributed by atoms with Gasteiger partial charge in [0.1, 0.15) is 31.0 Å². The van der Waals surface area contributed by atoms with Crippen molar-refractivity contribution in [2.75, 3.05) is 13.2 Å². The number of phosphoric ester groups is 2. The van der Waals surface area contributed by atoms with Crippen LogP contribution in [0.25, 0.3) is 0 Å². The number of ether oxygens (including phenoxy) is 2. The molecule has 10 N–H and O–H groups in total. The van der Waals surface area contributed by atoms with Crippen LogP contribution < -0.4 is 0 Å². The number of fused-ring (bicyclic) bond motifs is 4. The molecule has 0 aromatic heterocycles. The summed E-state index contributed by atoms with van der Waals surface area (Å²) < 4.78 is 51.7. The number of phosphoric acid groups is 2. The number of unbranched alkanes of at least 4 members (excludes halogenated alkanes) is 7. The smallest absolute Gasteiger partial charge is 0.462 e. The van der Waals surface area contributed by atoms with Crippen molar-refractivity contribution in [2.24, 2.45) is 11.8 Å². The Morgan fingerprint density at radius 3 is 2.21 bits per heavy atom. The molecule has 0 aromatic rings. The van der Waals surface area contributed by atoms with E-state index in [9.17, 15) is 69.1 Å².